The lowest BCUT2D eigenvalue weighted by atomic mass is 10.1. The quantitative estimate of drug-likeness (QED) is 0.199. The van der Waals surface area contributed by atoms with Crippen LogP contribution in [0.2, 0.25) is 0 Å². The Balaban J connectivity index is 1.81. The number of hydrogen-bond acceptors (Lipinski definition) is 2. The fourth-order valence-corrected chi connectivity index (χ4v) is 3.33. The van der Waals surface area contributed by atoms with Crippen LogP contribution in [0, 0.1) is 23.3 Å². The summed E-state index contributed by atoms with van der Waals surface area (Å²) in [6, 6.07) is 17.3. The molecule has 4 aromatic rings. The molecular weight excluding hydrogens is 382 g/mol. The van der Waals surface area contributed by atoms with Crippen molar-refractivity contribution in [2.24, 2.45) is 12.1 Å². The van der Waals surface area contributed by atoms with Gasteiger partial charge < -0.3 is 4.57 Å². The molecular formula is C22H15F4N3. The zero-order valence-corrected chi connectivity index (χ0v) is 15.3. The van der Waals surface area contributed by atoms with Gasteiger partial charge in [0.2, 0.25) is 0 Å². The predicted octanol–water partition coefficient (Wildman–Crippen LogP) is 5.85. The highest BCUT2D eigenvalue weighted by Crippen LogP contribution is 2.32. The van der Waals surface area contributed by atoms with Crippen LogP contribution in [-0.4, -0.2) is 10.8 Å². The number of benzene rings is 3. The Bertz CT molecular complexity index is 1200. The number of aromatic nitrogens is 1. The average Bonchev–Trinajstić information content (AvgIpc) is 3.02. The largest absolute Gasteiger partial charge is 0.343 e. The zero-order valence-electron chi connectivity index (χ0n) is 15.3. The summed E-state index contributed by atoms with van der Waals surface area (Å²) in [5, 5.41) is 4.73. The minimum absolute atomic E-state index is 0.151. The van der Waals surface area contributed by atoms with Gasteiger partial charge in [0, 0.05) is 29.6 Å². The molecule has 0 amide bonds. The van der Waals surface area contributed by atoms with Crippen LogP contribution in [0.3, 0.4) is 0 Å². The fourth-order valence-electron chi connectivity index (χ4n) is 3.33. The van der Waals surface area contributed by atoms with E-state index in [4.69, 9.17) is 0 Å². The minimum atomic E-state index is -1.54. The van der Waals surface area contributed by atoms with Gasteiger partial charge in [-0.1, -0.05) is 48.5 Å². The molecule has 0 aliphatic carbocycles. The van der Waals surface area contributed by atoms with Crippen molar-refractivity contribution in [3.05, 3.63) is 89.5 Å². The van der Waals surface area contributed by atoms with E-state index >= 15 is 0 Å². The van der Waals surface area contributed by atoms with Gasteiger partial charge in [-0.05, 0) is 11.6 Å². The maximum Gasteiger partial charge on any atom is 0.186 e. The number of fused-ring (bicyclic) bond motifs is 1. The van der Waals surface area contributed by atoms with E-state index in [0.29, 0.717) is 5.56 Å². The summed E-state index contributed by atoms with van der Waals surface area (Å²) in [6.07, 6.45) is 1.38. The molecule has 7 heteroatoms. The molecule has 29 heavy (non-hydrogen) atoms. The molecule has 0 saturated carbocycles. The SMILES string of the molecule is Cn1c(-c2ccccc2)c(C=NNc2c(F)c(F)cc(F)c2F)c2ccccc21. The number of anilines is 1. The molecule has 146 valence electrons. The normalized spacial score (nSPS) is 11.5. The Morgan fingerprint density at radius 2 is 1.48 bits per heavy atom. The summed E-state index contributed by atoms with van der Waals surface area (Å²) in [4.78, 5) is 0. The Kier molecular flexibility index (Phi) is 4.80. The van der Waals surface area contributed by atoms with E-state index in [-0.39, 0.29) is 6.07 Å². The second-order valence-corrected chi connectivity index (χ2v) is 6.42. The lowest BCUT2D eigenvalue weighted by molar-refractivity contribution is 0.458. The highest BCUT2D eigenvalue weighted by Gasteiger charge is 2.19. The number of halogens is 4. The first kappa shape index (κ1) is 18.7. The van der Waals surface area contributed by atoms with Gasteiger partial charge in [-0.15, -0.1) is 0 Å². The van der Waals surface area contributed by atoms with Crippen LogP contribution in [0.1, 0.15) is 5.56 Å². The van der Waals surface area contributed by atoms with Crippen LogP contribution in [0.25, 0.3) is 22.2 Å². The molecule has 0 atom stereocenters. The summed E-state index contributed by atoms with van der Waals surface area (Å²) >= 11 is 0. The maximum absolute atomic E-state index is 13.8. The van der Waals surface area contributed by atoms with Gasteiger partial charge in [0.1, 0.15) is 5.69 Å². The maximum atomic E-state index is 13.8. The van der Waals surface area contributed by atoms with Crippen LogP contribution >= 0.6 is 0 Å². The van der Waals surface area contributed by atoms with Gasteiger partial charge in [-0.2, -0.15) is 5.10 Å². The fraction of sp³-hybridized carbons (Fsp3) is 0.0455. The molecule has 0 fully saturated rings. The van der Waals surface area contributed by atoms with Crippen molar-refractivity contribution in [3.8, 4) is 11.3 Å². The van der Waals surface area contributed by atoms with Crippen LogP contribution < -0.4 is 5.43 Å². The summed E-state index contributed by atoms with van der Waals surface area (Å²) in [5.74, 6) is -6.09. The van der Waals surface area contributed by atoms with Gasteiger partial charge in [0.05, 0.1) is 11.9 Å². The molecule has 0 aliphatic rings. The van der Waals surface area contributed by atoms with Crippen molar-refractivity contribution in [2.75, 3.05) is 5.43 Å². The Labute approximate surface area is 163 Å². The highest BCUT2D eigenvalue weighted by atomic mass is 19.2. The third kappa shape index (κ3) is 3.24. The molecule has 0 saturated heterocycles. The van der Waals surface area contributed by atoms with Gasteiger partial charge >= 0.3 is 0 Å². The van der Waals surface area contributed by atoms with Crippen LogP contribution in [0.4, 0.5) is 23.2 Å². The van der Waals surface area contributed by atoms with E-state index in [2.05, 4.69) is 10.5 Å². The van der Waals surface area contributed by atoms with Crippen LogP contribution in [-0.2, 0) is 7.05 Å². The number of para-hydroxylation sites is 1. The average molecular weight is 397 g/mol. The molecule has 0 spiro atoms. The second-order valence-electron chi connectivity index (χ2n) is 6.42. The molecule has 1 heterocycles. The number of rotatable bonds is 4. The third-order valence-corrected chi connectivity index (χ3v) is 4.68. The molecule has 0 radical (unpaired) electrons. The van der Waals surface area contributed by atoms with Crippen LogP contribution in [0.15, 0.2) is 65.8 Å². The van der Waals surface area contributed by atoms with Gasteiger partial charge in [-0.3, -0.25) is 5.43 Å². The van der Waals surface area contributed by atoms with Crippen molar-refractivity contribution in [1.29, 1.82) is 0 Å². The first-order valence-corrected chi connectivity index (χ1v) is 8.74. The van der Waals surface area contributed by atoms with E-state index in [1.807, 2.05) is 66.2 Å². The molecule has 1 aromatic heterocycles. The number of nitrogens with zero attached hydrogens (tertiary/aromatic N) is 2. The highest BCUT2D eigenvalue weighted by molar-refractivity contribution is 6.06. The van der Waals surface area contributed by atoms with E-state index in [0.717, 1.165) is 22.2 Å². The number of nitrogens with one attached hydrogen (secondary N) is 1. The van der Waals surface area contributed by atoms with Crippen molar-refractivity contribution in [3.63, 3.8) is 0 Å². The molecule has 0 unspecified atom stereocenters. The van der Waals surface area contributed by atoms with Crippen molar-refractivity contribution in [1.82, 2.24) is 4.57 Å². The Hall–Kier alpha value is -3.61. The number of hydrazone groups is 1. The van der Waals surface area contributed by atoms with Gasteiger partial charge in [-0.25, -0.2) is 17.6 Å². The summed E-state index contributed by atoms with van der Waals surface area (Å²) in [5.41, 5.74) is 4.49. The molecule has 0 aliphatic heterocycles. The molecule has 3 aromatic carbocycles. The Morgan fingerprint density at radius 3 is 2.17 bits per heavy atom. The summed E-state index contributed by atoms with van der Waals surface area (Å²) in [7, 11) is 1.90. The zero-order chi connectivity index (χ0) is 20.5. The molecule has 0 bridgehead atoms. The summed E-state index contributed by atoms with van der Waals surface area (Å²) < 4.78 is 56.5. The Morgan fingerprint density at radius 1 is 0.862 bits per heavy atom. The smallest absolute Gasteiger partial charge is 0.186 e. The monoisotopic (exact) mass is 397 g/mol. The number of hydrogen-bond donors (Lipinski definition) is 1. The van der Waals surface area contributed by atoms with E-state index in [1.54, 1.807) is 0 Å². The van der Waals surface area contributed by atoms with Crippen LogP contribution in [0.5, 0.6) is 0 Å². The first-order chi connectivity index (χ1) is 14.0. The minimum Gasteiger partial charge on any atom is -0.343 e. The van der Waals surface area contributed by atoms with Crippen molar-refractivity contribution >= 4 is 22.8 Å². The first-order valence-electron chi connectivity index (χ1n) is 8.74. The molecule has 1 N–H and O–H groups in total. The van der Waals surface area contributed by atoms with E-state index in [1.165, 1.54) is 6.21 Å². The van der Waals surface area contributed by atoms with E-state index < -0.39 is 29.0 Å². The van der Waals surface area contributed by atoms with Gasteiger partial charge in [0.25, 0.3) is 0 Å². The lowest BCUT2D eigenvalue weighted by Crippen LogP contribution is -2.03. The standard InChI is InChI=1S/C22H15F4N3/c1-29-18-10-6-5-9-14(18)15(22(29)13-7-3-2-4-8-13)12-27-28-21-19(25)16(23)11-17(24)20(21)26/h2-12,28H,1H3. The number of aryl methyl sites for hydroxylation is 1. The predicted molar refractivity (Wildman–Crippen MR) is 106 cm³/mol. The molecule has 3 nitrogen and oxygen atoms in total. The second kappa shape index (κ2) is 7.43. The van der Waals surface area contributed by atoms with Crippen molar-refractivity contribution < 1.29 is 17.6 Å². The lowest BCUT2D eigenvalue weighted by Gasteiger charge is -2.07. The van der Waals surface area contributed by atoms with Gasteiger partial charge in [0.15, 0.2) is 23.3 Å². The molecule has 4 rings (SSSR count). The van der Waals surface area contributed by atoms with E-state index in [9.17, 15) is 17.6 Å². The van der Waals surface area contributed by atoms with Crippen molar-refractivity contribution in [2.45, 2.75) is 0 Å². The summed E-state index contributed by atoms with van der Waals surface area (Å²) in [6.45, 7) is 0. The topological polar surface area (TPSA) is 29.3 Å². The third-order valence-electron chi connectivity index (χ3n) is 4.68.